The van der Waals surface area contributed by atoms with Gasteiger partial charge >= 0.3 is 14.6 Å². The molecule has 0 aromatic carbocycles. The van der Waals surface area contributed by atoms with Crippen molar-refractivity contribution in [3.63, 3.8) is 0 Å². The smallest absolute Gasteiger partial charge is 0.330 e. The molecule has 0 saturated heterocycles. The Morgan fingerprint density at radius 3 is 2.00 bits per heavy atom. The SMILES string of the molecule is CCCCCOCCCCCCCCOP(O)O[C@H](CC(=O)O)C[N+](C)(C)C. The molecule has 8 heteroatoms. The van der Waals surface area contributed by atoms with Crippen molar-refractivity contribution in [1.82, 2.24) is 0 Å². The van der Waals surface area contributed by atoms with Gasteiger partial charge in [-0.05, 0) is 19.3 Å². The summed E-state index contributed by atoms with van der Waals surface area (Å²) in [6.45, 7) is 4.88. The first-order valence-electron chi connectivity index (χ1n) is 10.6. The van der Waals surface area contributed by atoms with E-state index in [0.717, 1.165) is 38.9 Å². The van der Waals surface area contributed by atoms with E-state index in [-0.39, 0.29) is 6.42 Å². The van der Waals surface area contributed by atoms with Gasteiger partial charge in [-0.25, -0.2) is 0 Å². The van der Waals surface area contributed by atoms with Crippen LogP contribution in [0.2, 0.25) is 0 Å². The molecule has 28 heavy (non-hydrogen) atoms. The number of nitrogens with zero attached hydrogens (tertiary/aromatic N) is 1. The van der Waals surface area contributed by atoms with Gasteiger partial charge in [0.1, 0.15) is 12.6 Å². The van der Waals surface area contributed by atoms with E-state index in [4.69, 9.17) is 18.9 Å². The van der Waals surface area contributed by atoms with Gasteiger partial charge in [-0.15, -0.1) is 0 Å². The van der Waals surface area contributed by atoms with Crippen LogP contribution in [0.3, 0.4) is 0 Å². The Kier molecular flexibility index (Phi) is 17.4. The van der Waals surface area contributed by atoms with E-state index in [9.17, 15) is 9.69 Å². The number of hydrogen-bond acceptors (Lipinski definition) is 5. The van der Waals surface area contributed by atoms with Crippen molar-refractivity contribution in [3.8, 4) is 0 Å². The Balaban J connectivity index is 3.61. The molecule has 0 aromatic heterocycles. The monoisotopic (exact) mass is 424 g/mol. The van der Waals surface area contributed by atoms with E-state index >= 15 is 0 Å². The molecule has 0 radical (unpaired) electrons. The molecule has 2 atom stereocenters. The number of carboxylic acid groups (broad SMARTS) is 1. The number of likely N-dealkylation sites (N-methyl/N-ethyl adjacent to an activating group) is 1. The van der Waals surface area contributed by atoms with Gasteiger partial charge in [-0.1, -0.05) is 45.4 Å². The number of hydrogen-bond donors (Lipinski definition) is 2. The van der Waals surface area contributed by atoms with Crippen LogP contribution in [0.1, 0.15) is 71.1 Å². The first kappa shape index (κ1) is 27.7. The molecule has 0 heterocycles. The van der Waals surface area contributed by atoms with Gasteiger partial charge in [0, 0.05) is 13.2 Å². The third-order valence-electron chi connectivity index (χ3n) is 4.17. The minimum absolute atomic E-state index is 0.138. The Morgan fingerprint density at radius 1 is 0.929 bits per heavy atom. The van der Waals surface area contributed by atoms with Gasteiger partial charge < -0.3 is 28.3 Å². The molecule has 7 nitrogen and oxygen atoms in total. The third-order valence-corrected chi connectivity index (χ3v) is 5.05. The summed E-state index contributed by atoms with van der Waals surface area (Å²) in [6.07, 6.45) is 9.52. The molecule has 0 aliphatic rings. The summed E-state index contributed by atoms with van der Waals surface area (Å²) in [5.41, 5.74) is 0. The van der Waals surface area contributed by atoms with Gasteiger partial charge in [0.15, 0.2) is 0 Å². The Labute approximate surface area is 172 Å². The Bertz CT molecular complexity index is 378. The Hall–Kier alpha value is -0.300. The van der Waals surface area contributed by atoms with Gasteiger partial charge in [0.05, 0.1) is 34.2 Å². The first-order chi connectivity index (χ1) is 13.2. The highest BCUT2D eigenvalue weighted by Gasteiger charge is 2.25. The van der Waals surface area contributed by atoms with Crippen LogP contribution in [-0.2, 0) is 18.6 Å². The predicted molar refractivity (Wildman–Crippen MR) is 113 cm³/mol. The fraction of sp³-hybridized carbons (Fsp3) is 0.950. The molecule has 0 rings (SSSR count). The molecule has 0 spiro atoms. The van der Waals surface area contributed by atoms with Crippen molar-refractivity contribution in [1.29, 1.82) is 0 Å². The number of carbonyl (C=O) groups is 1. The quantitative estimate of drug-likeness (QED) is 0.172. The summed E-state index contributed by atoms with van der Waals surface area (Å²) in [6, 6.07) is 0. The molecule has 0 aliphatic heterocycles. The number of ether oxygens (including phenoxy) is 1. The summed E-state index contributed by atoms with van der Waals surface area (Å²) < 4.78 is 16.9. The van der Waals surface area contributed by atoms with E-state index in [2.05, 4.69) is 6.92 Å². The zero-order valence-electron chi connectivity index (χ0n) is 18.4. The highest BCUT2D eigenvalue weighted by Crippen LogP contribution is 2.36. The van der Waals surface area contributed by atoms with E-state index in [1.165, 1.54) is 32.1 Å². The second-order valence-corrected chi connectivity index (χ2v) is 9.25. The summed E-state index contributed by atoms with van der Waals surface area (Å²) >= 11 is 0. The van der Waals surface area contributed by atoms with Crippen molar-refractivity contribution in [2.75, 3.05) is 47.5 Å². The van der Waals surface area contributed by atoms with Gasteiger partial charge in [-0.2, -0.15) is 0 Å². The van der Waals surface area contributed by atoms with Crippen molar-refractivity contribution in [2.45, 2.75) is 77.2 Å². The standard InChI is InChI=1S/C20H42NO6P/c1-5-6-11-14-25-15-12-9-7-8-10-13-16-26-28(24)27-19(17-20(22)23)18-21(2,3)4/h19,24H,5-18H2,1-4H3/p+1/t19-,28?/m1/s1. The predicted octanol–water partition coefficient (Wildman–Crippen LogP) is 4.34. The largest absolute Gasteiger partial charge is 0.481 e. The number of quaternary nitrogens is 1. The van der Waals surface area contributed by atoms with Crippen LogP contribution in [0.5, 0.6) is 0 Å². The lowest BCUT2D eigenvalue weighted by atomic mass is 10.1. The molecule has 0 saturated carbocycles. The van der Waals surface area contributed by atoms with E-state index in [1.807, 2.05) is 21.1 Å². The second-order valence-electron chi connectivity index (χ2n) is 8.31. The fourth-order valence-corrected chi connectivity index (χ4v) is 3.55. The number of carboxylic acids is 1. The summed E-state index contributed by atoms with van der Waals surface area (Å²) in [7, 11) is 3.83. The number of rotatable bonds is 20. The topological polar surface area (TPSA) is 85.2 Å². The number of unbranched alkanes of at least 4 members (excludes halogenated alkanes) is 7. The minimum Gasteiger partial charge on any atom is -0.481 e. The average molecular weight is 425 g/mol. The van der Waals surface area contributed by atoms with Crippen LogP contribution in [0.4, 0.5) is 0 Å². The molecule has 1 unspecified atom stereocenters. The van der Waals surface area contributed by atoms with Crippen molar-refractivity contribution in [3.05, 3.63) is 0 Å². The molecular weight excluding hydrogens is 381 g/mol. The van der Waals surface area contributed by atoms with Gasteiger partial charge in [0.25, 0.3) is 0 Å². The van der Waals surface area contributed by atoms with Crippen LogP contribution in [0.15, 0.2) is 0 Å². The zero-order chi connectivity index (χ0) is 21.3. The first-order valence-corrected chi connectivity index (χ1v) is 11.8. The fourth-order valence-electron chi connectivity index (χ4n) is 2.81. The van der Waals surface area contributed by atoms with E-state index < -0.39 is 20.7 Å². The highest BCUT2D eigenvalue weighted by molar-refractivity contribution is 7.40. The second kappa shape index (κ2) is 17.5. The maximum Gasteiger partial charge on any atom is 0.330 e. The maximum atomic E-state index is 11.0. The minimum atomic E-state index is -2.03. The van der Waals surface area contributed by atoms with E-state index in [0.29, 0.717) is 17.6 Å². The van der Waals surface area contributed by atoms with Crippen LogP contribution < -0.4 is 0 Å². The summed E-state index contributed by atoms with van der Waals surface area (Å²) in [5.74, 6) is -0.937. The summed E-state index contributed by atoms with van der Waals surface area (Å²) in [4.78, 5) is 20.9. The van der Waals surface area contributed by atoms with Crippen molar-refractivity contribution < 1.29 is 33.1 Å². The van der Waals surface area contributed by atoms with E-state index in [1.54, 1.807) is 0 Å². The third kappa shape index (κ3) is 20.4. The van der Waals surface area contributed by atoms with Gasteiger partial charge in [0.2, 0.25) is 0 Å². The van der Waals surface area contributed by atoms with Crippen molar-refractivity contribution in [2.24, 2.45) is 0 Å². The van der Waals surface area contributed by atoms with Crippen LogP contribution in [0, 0.1) is 0 Å². The molecule has 0 aliphatic carbocycles. The van der Waals surface area contributed by atoms with Crippen LogP contribution in [0.25, 0.3) is 0 Å². The zero-order valence-corrected chi connectivity index (χ0v) is 19.3. The average Bonchev–Trinajstić information content (AvgIpc) is 2.56. The molecule has 168 valence electrons. The maximum absolute atomic E-state index is 11.0. The summed E-state index contributed by atoms with van der Waals surface area (Å²) in [5, 5.41) is 8.98. The Morgan fingerprint density at radius 2 is 1.46 bits per heavy atom. The van der Waals surface area contributed by atoms with Crippen LogP contribution in [-0.4, -0.2) is 74.1 Å². The molecule has 2 N–H and O–H groups in total. The normalized spacial score (nSPS) is 14.2. The molecule has 0 bridgehead atoms. The highest BCUT2D eigenvalue weighted by atomic mass is 31.2. The lowest BCUT2D eigenvalue weighted by molar-refractivity contribution is -0.873. The molecule has 0 fully saturated rings. The lowest BCUT2D eigenvalue weighted by Crippen LogP contribution is -2.42. The molecule has 0 amide bonds. The number of aliphatic carboxylic acids is 1. The molecular formula is C20H43NO6P+. The molecule has 0 aromatic rings. The lowest BCUT2D eigenvalue weighted by Gasteiger charge is -2.29. The van der Waals surface area contributed by atoms with Crippen LogP contribution >= 0.6 is 8.60 Å². The van der Waals surface area contributed by atoms with Crippen molar-refractivity contribution >= 4 is 14.6 Å². The van der Waals surface area contributed by atoms with Gasteiger partial charge in [-0.3, -0.25) is 4.79 Å².